The zero-order valence-electron chi connectivity index (χ0n) is 8.74. The van der Waals surface area contributed by atoms with Crippen molar-refractivity contribution >= 4 is 6.20 Å². The van der Waals surface area contributed by atoms with Gasteiger partial charge in [0.15, 0.2) is 0 Å². The van der Waals surface area contributed by atoms with E-state index in [4.69, 9.17) is 0 Å². The van der Waals surface area contributed by atoms with E-state index in [-0.39, 0.29) is 0 Å². The largest absolute Gasteiger partial charge is 0.314 e. The van der Waals surface area contributed by atoms with Gasteiger partial charge in [-0.25, -0.2) is 4.98 Å². The molecule has 0 aromatic carbocycles. The molecule has 13 heavy (non-hydrogen) atoms. The van der Waals surface area contributed by atoms with Gasteiger partial charge in [0.2, 0.25) is 0 Å². The van der Waals surface area contributed by atoms with Gasteiger partial charge < -0.3 is 4.57 Å². The molecule has 2 heteroatoms. The Bertz CT molecular complexity index is 186. The maximum absolute atomic E-state index is 3.78. The molecule has 1 heterocycles. The molecule has 2 nitrogen and oxygen atoms in total. The molecular weight excluding hydrogens is 160 g/mol. The first kappa shape index (κ1) is 11.9. The van der Waals surface area contributed by atoms with Crippen molar-refractivity contribution in [2.24, 2.45) is 0 Å². The second-order valence-corrected chi connectivity index (χ2v) is 2.90. The van der Waals surface area contributed by atoms with E-state index in [9.17, 15) is 0 Å². The molecule has 0 fully saturated rings. The number of hydrogen-bond acceptors (Lipinski definition) is 1. The van der Waals surface area contributed by atoms with E-state index >= 15 is 0 Å². The molecular formula is C11H20N2. The van der Waals surface area contributed by atoms with Gasteiger partial charge in [-0.2, -0.15) is 0 Å². The number of unbranched alkanes of at least 4 members (excludes halogenated alkanes) is 3. The lowest BCUT2D eigenvalue weighted by Gasteiger charge is -1.86. The Morgan fingerprint density at radius 3 is 2.15 bits per heavy atom. The van der Waals surface area contributed by atoms with Gasteiger partial charge in [-0.05, 0) is 0 Å². The summed E-state index contributed by atoms with van der Waals surface area (Å²) in [7, 11) is 0. The first-order valence-corrected chi connectivity index (χ1v) is 4.95. The summed E-state index contributed by atoms with van der Waals surface area (Å²) in [4.78, 5) is 3.78. The van der Waals surface area contributed by atoms with Crippen LogP contribution in [0.15, 0.2) is 25.3 Å². The van der Waals surface area contributed by atoms with Crippen LogP contribution < -0.4 is 0 Å². The maximum Gasteiger partial charge on any atom is 0.0986 e. The van der Waals surface area contributed by atoms with Crippen LogP contribution in [-0.4, -0.2) is 9.55 Å². The molecule has 0 aliphatic heterocycles. The highest BCUT2D eigenvalue weighted by Crippen LogP contribution is 1.95. The number of nitrogens with zero attached hydrogens (tertiary/aromatic N) is 2. The fourth-order valence-electron chi connectivity index (χ4n) is 0.877. The van der Waals surface area contributed by atoms with Crippen molar-refractivity contribution in [3.8, 4) is 0 Å². The standard InChI is InChI=1S/C6H14.C5H6N2/c1-3-5-6-4-2;1-2-7-4-3-6-5-7/h3-6H2,1-2H3;2-5H,1H2. The third-order valence-corrected chi connectivity index (χ3v) is 1.69. The molecule has 0 saturated carbocycles. The Morgan fingerprint density at radius 2 is 1.92 bits per heavy atom. The van der Waals surface area contributed by atoms with Crippen molar-refractivity contribution in [2.45, 2.75) is 39.5 Å². The molecule has 1 rings (SSSR count). The van der Waals surface area contributed by atoms with Crippen LogP contribution >= 0.6 is 0 Å². The minimum absolute atomic E-state index is 1.36. The summed E-state index contributed by atoms with van der Waals surface area (Å²) in [5, 5.41) is 0. The molecule has 0 atom stereocenters. The molecule has 0 radical (unpaired) electrons. The van der Waals surface area contributed by atoms with E-state index in [1.165, 1.54) is 25.7 Å². The Hall–Kier alpha value is -1.05. The molecule has 0 amide bonds. The van der Waals surface area contributed by atoms with Crippen LogP contribution in [-0.2, 0) is 0 Å². The average Bonchev–Trinajstić information content (AvgIpc) is 2.68. The smallest absolute Gasteiger partial charge is 0.0986 e. The monoisotopic (exact) mass is 180 g/mol. The number of imidazole rings is 1. The summed E-state index contributed by atoms with van der Waals surface area (Å²) >= 11 is 0. The highest BCUT2D eigenvalue weighted by Gasteiger charge is 1.75. The third-order valence-electron chi connectivity index (χ3n) is 1.69. The molecule has 0 bridgehead atoms. The van der Waals surface area contributed by atoms with Gasteiger partial charge in [-0.15, -0.1) is 0 Å². The van der Waals surface area contributed by atoms with Crippen LogP contribution in [0, 0.1) is 0 Å². The SMILES string of the molecule is C=Cn1ccnc1.CCCCCC. The lowest BCUT2D eigenvalue weighted by atomic mass is 10.2. The molecule has 74 valence electrons. The summed E-state index contributed by atoms with van der Waals surface area (Å²) in [6, 6.07) is 0. The van der Waals surface area contributed by atoms with Crippen LogP contribution in [0.1, 0.15) is 39.5 Å². The quantitative estimate of drug-likeness (QED) is 0.648. The van der Waals surface area contributed by atoms with Gasteiger partial charge in [0.05, 0.1) is 6.33 Å². The molecule has 0 N–H and O–H groups in total. The van der Waals surface area contributed by atoms with E-state index in [0.717, 1.165) is 0 Å². The van der Waals surface area contributed by atoms with Crippen molar-refractivity contribution < 1.29 is 0 Å². The van der Waals surface area contributed by atoms with Crippen molar-refractivity contribution in [3.05, 3.63) is 25.3 Å². The first-order chi connectivity index (χ1) is 6.35. The Kier molecular flexibility index (Phi) is 8.31. The molecule has 0 unspecified atom stereocenters. The number of rotatable bonds is 4. The zero-order chi connectivity index (χ0) is 9.94. The van der Waals surface area contributed by atoms with Gasteiger partial charge in [0.1, 0.15) is 0 Å². The highest BCUT2D eigenvalue weighted by molar-refractivity contribution is 5.14. The lowest BCUT2D eigenvalue weighted by Crippen LogP contribution is -1.73. The lowest BCUT2D eigenvalue weighted by molar-refractivity contribution is 0.702. The summed E-state index contributed by atoms with van der Waals surface area (Å²) in [5.74, 6) is 0. The molecule has 1 aromatic rings. The number of hydrogen-bond donors (Lipinski definition) is 0. The van der Waals surface area contributed by atoms with Crippen molar-refractivity contribution in [1.29, 1.82) is 0 Å². The van der Waals surface area contributed by atoms with E-state index in [0.29, 0.717) is 0 Å². The van der Waals surface area contributed by atoms with Gasteiger partial charge in [0, 0.05) is 18.6 Å². The minimum atomic E-state index is 1.36. The van der Waals surface area contributed by atoms with E-state index in [1.54, 1.807) is 23.3 Å². The second kappa shape index (κ2) is 9.04. The van der Waals surface area contributed by atoms with E-state index < -0.39 is 0 Å². The van der Waals surface area contributed by atoms with Crippen LogP contribution in [0.2, 0.25) is 0 Å². The second-order valence-electron chi connectivity index (χ2n) is 2.90. The van der Waals surface area contributed by atoms with Crippen molar-refractivity contribution in [2.75, 3.05) is 0 Å². The van der Waals surface area contributed by atoms with Crippen LogP contribution in [0.25, 0.3) is 6.20 Å². The Morgan fingerprint density at radius 1 is 1.31 bits per heavy atom. The summed E-state index contributed by atoms with van der Waals surface area (Å²) in [6.07, 6.45) is 12.4. The van der Waals surface area contributed by atoms with Gasteiger partial charge >= 0.3 is 0 Å². The first-order valence-electron chi connectivity index (χ1n) is 4.95. The third kappa shape index (κ3) is 7.32. The fourth-order valence-corrected chi connectivity index (χ4v) is 0.877. The van der Waals surface area contributed by atoms with E-state index in [1.807, 2.05) is 6.20 Å². The van der Waals surface area contributed by atoms with E-state index in [2.05, 4.69) is 25.4 Å². The summed E-state index contributed by atoms with van der Waals surface area (Å²) in [6.45, 7) is 7.99. The predicted octanol–water partition coefficient (Wildman–Crippen LogP) is 3.57. The van der Waals surface area contributed by atoms with Crippen LogP contribution in [0.4, 0.5) is 0 Å². The molecule has 0 aliphatic carbocycles. The summed E-state index contributed by atoms with van der Waals surface area (Å²) in [5.41, 5.74) is 0. The number of aromatic nitrogens is 2. The average molecular weight is 180 g/mol. The van der Waals surface area contributed by atoms with Gasteiger partial charge in [-0.3, -0.25) is 0 Å². The predicted molar refractivity (Wildman–Crippen MR) is 58.4 cm³/mol. The maximum atomic E-state index is 3.78. The summed E-state index contributed by atoms with van der Waals surface area (Å²) < 4.78 is 1.78. The molecule has 1 aromatic heterocycles. The molecule has 0 saturated heterocycles. The molecule has 0 spiro atoms. The van der Waals surface area contributed by atoms with Gasteiger partial charge in [0.25, 0.3) is 0 Å². The Balaban J connectivity index is 0.000000226. The fraction of sp³-hybridized carbons (Fsp3) is 0.545. The van der Waals surface area contributed by atoms with Crippen molar-refractivity contribution in [1.82, 2.24) is 9.55 Å². The Labute approximate surface area is 81.3 Å². The van der Waals surface area contributed by atoms with Crippen LogP contribution in [0.5, 0.6) is 0 Å². The van der Waals surface area contributed by atoms with Gasteiger partial charge in [-0.1, -0.05) is 46.1 Å². The molecule has 0 aliphatic rings. The normalized spacial score (nSPS) is 8.77. The highest BCUT2D eigenvalue weighted by atomic mass is 15.0. The van der Waals surface area contributed by atoms with Crippen molar-refractivity contribution in [3.63, 3.8) is 0 Å². The van der Waals surface area contributed by atoms with Crippen LogP contribution in [0.3, 0.4) is 0 Å². The minimum Gasteiger partial charge on any atom is -0.314 e. The zero-order valence-corrected chi connectivity index (χ0v) is 8.74. The topological polar surface area (TPSA) is 17.8 Å².